The van der Waals surface area contributed by atoms with Gasteiger partial charge in [0.15, 0.2) is 0 Å². The molecule has 1 atom stereocenters. The minimum absolute atomic E-state index is 0.455. The molecule has 1 aliphatic heterocycles. The van der Waals surface area contributed by atoms with Gasteiger partial charge in [0, 0.05) is 19.7 Å². The highest BCUT2D eigenvalue weighted by atomic mass is 19.3. The van der Waals surface area contributed by atoms with Gasteiger partial charge in [0.05, 0.1) is 5.69 Å². The Hall–Kier alpha value is -1.52. The number of anilines is 2. The van der Waals surface area contributed by atoms with Crippen molar-refractivity contribution in [3.8, 4) is 5.75 Å². The van der Waals surface area contributed by atoms with Crippen LogP contribution in [0.3, 0.4) is 0 Å². The van der Waals surface area contributed by atoms with Gasteiger partial charge in [-0.3, -0.25) is 0 Å². The Morgan fingerprint density at radius 2 is 2.20 bits per heavy atom. The van der Waals surface area contributed by atoms with Crippen LogP contribution in [0.5, 0.6) is 5.75 Å². The van der Waals surface area contributed by atoms with Crippen LogP contribution in [0.4, 0.5) is 20.2 Å². The molecule has 0 saturated heterocycles. The molecule has 2 N–H and O–H groups in total. The summed E-state index contributed by atoms with van der Waals surface area (Å²) >= 11 is 0. The molecule has 1 aromatic rings. The lowest BCUT2D eigenvalue weighted by molar-refractivity contribution is -0.0345. The zero-order chi connectivity index (χ0) is 11.1. The van der Waals surface area contributed by atoms with E-state index in [-0.39, 0.29) is 0 Å². The highest BCUT2D eigenvalue weighted by molar-refractivity contribution is 5.68. The average Bonchev–Trinajstić information content (AvgIpc) is 2.54. The third kappa shape index (κ3) is 1.58. The van der Waals surface area contributed by atoms with Gasteiger partial charge >= 0.3 is 0 Å². The van der Waals surface area contributed by atoms with Crippen LogP contribution in [0, 0.1) is 0 Å². The predicted molar refractivity (Wildman–Crippen MR) is 54.6 cm³/mol. The van der Waals surface area contributed by atoms with Crippen molar-refractivity contribution in [1.82, 2.24) is 0 Å². The molecule has 5 heteroatoms. The van der Waals surface area contributed by atoms with Crippen LogP contribution < -0.4 is 15.4 Å². The summed E-state index contributed by atoms with van der Waals surface area (Å²) in [7, 11) is 1.77. The molecule has 1 unspecified atom stereocenters. The summed E-state index contributed by atoms with van der Waals surface area (Å²) in [5, 5.41) is 5.60. The molecule has 0 fully saturated rings. The van der Waals surface area contributed by atoms with Gasteiger partial charge in [0.1, 0.15) is 5.75 Å². The van der Waals surface area contributed by atoms with Crippen molar-refractivity contribution in [3.63, 3.8) is 0 Å². The Bertz CT molecular complexity index is 384. The first-order chi connectivity index (χ1) is 7.05. The fourth-order valence-corrected chi connectivity index (χ4v) is 1.49. The number of alkyl halides is 2. The molecule has 0 spiro atoms. The molecule has 1 aromatic carbocycles. The lowest BCUT2D eigenvalue weighted by Crippen LogP contribution is -2.44. The largest absolute Gasteiger partial charge is 0.460 e. The quantitative estimate of drug-likeness (QED) is 0.793. The molecule has 0 radical (unpaired) electrons. The lowest BCUT2D eigenvalue weighted by atomic mass is 10.2. The van der Waals surface area contributed by atoms with Crippen molar-refractivity contribution >= 4 is 11.4 Å². The van der Waals surface area contributed by atoms with Crippen LogP contribution in [0.15, 0.2) is 18.2 Å². The highest BCUT2D eigenvalue weighted by Gasteiger charge is 2.42. The number of fused-ring (bicyclic) bond motifs is 1. The third-order valence-electron chi connectivity index (χ3n) is 2.39. The van der Waals surface area contributed by atoms with E-state index in [1.54, 1.807) is 25.2 Å². The summed E-state index contributed by atoms with van der Waals surface area (Å²) in [6.45, 7) is 1.33. The molecule has 0 amide bonds. The molecule has 0 saturated carbocycles. The number of ether oxygens (including phenoxy) is 1. The second kappa shape index (κ2) is 3.25. The first-order valence-corrected chi connectivity index (χ1v) is 4.62. The van der Waals surface area contributed by atoms with E-state index in [0.29, 0.717) is 11.4 Å². The summed E-state index contributed by atoms with van der Waals surface area (Å²) in [5.74, 6) is 0.455. The maximum absolute atomic E-state index is 12.7. The van der Waals surface area contributed by atoms with Crippen LogP contribution in [-0.4, -0.2) is 19.2 Å². The monoisotopic (exact) mass is 214 g/mol. The lowest BCUT2D eigenvalue weighted by Gasteiger charge is -2.22. The minimum Gasteiger partial charge on any atom is -0.460 e. The van der Waals surface area contributed by atoms with Crippen molar-refractivity contribution in [2.45, 2.75) is 19.1 Å². The van der Waals surface area contributed by atoms with Crippen molar-refractivity contribution < 1.29 is 13.5 Å². The van der Waals surface area contributed by atoms with E-state index >= 15 is 0 Å². The topological polar surface area (TPSA) is 33.3 Å². The molecule has 1 heterocycles. The normalized spacial score (nSPS) is 23.3. The number of hydrogen-bond acceptors (Lipinski definition) is 3. The van der Waals surface area contributed by atoms with E-state index in [0.717, 1.165) is 5.69 Å². The van der Waals surface area contributed by atoms with Crippen LogP contribution in [0.1, 0.15) is 6.92 Å². The molecular formula is C10H12F2N2O. The van der Waals surface area contributed by atoms with E-state index < -0.39 is 12.2 Å². The second-order valence-electron chi connectivity index (χ2n) is 3.60. The van der Waals surface area contributed by atoms with E-state index in [2.05, 4.69) is 10.6 Å². The fourth-order valence-electron chi connectivity index (χ4n) is 1.49. The molecule has 0 aliphatic carbocycles. The highest BCUT2D eigenvalue weighted by Crippen LogP contribution is 2.40. The summed E-state index contributed by atoms with van der Waals surface area (Å²) in [4.78, 5) is 0. The third-order valence-corrected chi connectivity index (χ3v) is 2.39. The molecule has 82 valence electrons. The Morgan fingerprint density at radius 1 is 1.47 bits per heavy atom. The maximum Gasteiger partial charge on any atom is 0.296 e. The molecule has 0 aromatic heterocycles. The van der Waals surface area contributed by atoms with E-state index in [4.69, 9.17) is 4.74 Å². The van der Waals surface area contributed by atoms with Crippen LogP contribution >= 0.6 is 0 Å². The van der Waals surface area contributed by atoms with Gasteiger partial charge in [0.2, 0.25) is 5.72 Å². The minimum atomic E-state index is -2.58. The second-order valence-corrected chi connectivity index (χ2v) is 3.60. The van der Waals surface area contributed by atoms with E-state index in [1.807, 2.05) is 0 Å². The molecule has 0 bridgehead atoms. The Labute approximate surface area is 86.4 Å². The zero-order valence-corrected chi connectivity index (χ0v) is 8.47. The standard InChI is InChI=1S/C10H12F2N2O/c1-10(9(11)12)14-7-5-6(13-2)3-4-8(7)15-10/h3-5,9,13-14H,1-2H3. The van der Waals surface area contributed by atoms with Gasteiger partial charge < -0.3 is 15.4 Å². The molecule has 2 rings (SSSR count). The SMILES string of the molecule is CNc1ccc2c(c1)NC(C)(C(F)F)O2. The number of nitrogens with one attached hydrogen (secondary N) is 2. The van der Waals surface area contributed by atoms with Gasteiger partial charge in [0.25, 0.3) is 6.43 Å². The molecule has 3 nitrogen and oxygen atoms in total. The first-order valence-electron chi connectivity index (χ1n) is 4.62. The van der Waals surface area contributed by atoms with Crippen LogP contribution in [0.2, 0.25) is 0 Å². The molecule has 15 heavy (non-hydrogen) atoms. The van der Waals surface area contributed by atoms with Crippen LogP contribution in [0.25, 0.3) is 0 Å². The van der Waals surface area contributed by atoms with Gasteiger partial charge in [-0.1, -0.05) is 0 Å². The molecule has 1 aliphatic rings. The van der Waals surface area contributed by atoms with E-state index in [9.17, 15) is 8.78 Å². The predicted octanol–water partition coefficient (Wildman–Crippen LogP) is 2.51. The smallest absolute Gasteiger partial charge is 0.296 e. The summed E-state index contributed by atoms with van der Waals surface area (Å²) in [6, 6.07) is 5.18. The number of halogens is 2. The fraction of sp³-hybridized carbons (Fsp3) is 0.400. The summed E-state index contributed by atoms with van der Waals surface area (Å²) in [5.41, 5.74) is -0.178. The van der Waals surface area contributed by atoms with Crippen LogP contribution in [-0.2, 0) is 0 Å². The Kier molecular flexibility index (Phi) is 2.17. The van der Waals surface area contributed by atoms with Crippen molar-refractivity contribution in [2.75, 3.05) is 17.7 Å². The Balaban J connectivity index is 2.31. The van der Waals surface area contributed by atoms with Gasteiger partial charge in [-0.2, -0.15) is 0 Å². The van der Waals surface area contributed by atoms with E-state index in [1.165, 1.54) is 6.92 Å². The van der Waals surface area contributed by atoms with Gasteiger partial charge in [-0.15, -0.1) is 0 Å². The van der Waals surface area contributed by atoms with Crippen molar-refractivity contribution in [2.24, 2.45) is 0 Å². The number of rotatable bonds is 2. The van der Waals surface area contributed by atoms with Gasteiger partial charge in [-0.05, 0) is 18.2 Å². The summed E-state index contributed by atoms with van der Waals surface area (Å²) in [6.07, 6.45) is -2.58. The van der Waals surface area contributed by atoms with Gasteiger partial charge in [-0.25, -0.2) is 8.78 Å². The van der Waals surface area contributed by atoms with Crippen molar-refractivity contribution in [1.29, 1.82) is 0 Å². The number of benzene rings is 1. The van der Waals surface area contributed by atoms with Crippen molar-refractivity contribution in [3.05, 3.63) is 18.2 Å². The first kappa shape index (κ1) is 10.0. The average molecular weight is 214 g/mol. The molecular weight excluding hydrogens is 202 g/mol. The number of hydrogen-bond donors (Lipinski definition) is 2. The summed E-state index contributed by atoms with van der Waals surface area (Å²) < 4.78 is 30.5. The Morgan fingerprint density at radius 3 is 2.80 bits per heavy atom. The maximum atomic E-state index is 12.7. The zero-order valence-electron chi connectivity index (χ0n) is 8.47.